The first-order chi connectivity index (χ1) is 14.6. The number of halogens is 2. The van der Waals surface area contributed by atoms with Crippen LogP contribution in [0.4, 0.5) is 5.69 Å². The van der Waals surface area contributed by atoms with E-state index in [0.717, 1.165) is 61.0 Å². The molecule has 1 saturated carbocycles. The summed E-state index contributed by atoms with van der Waals surface area (Å²) in [7, 11) is 0. The van der Waals surface area contributed by atoms with Crippen LogP contribution in [0, 0.1) is 0 Å². The molecule has 0 unspecified atom stereocenters. The molecule has 0 atom stereocenters. The van der Waals surface area contributed by atoms with E-state index >= 15 is 0 Å². The molecule has 0 saturated heterocycles. The van der Waals surface area contributed by atoms with Crippen LogP contribution in [0.15, 0.2) is 28.9 Å². The molecule has 5 rings (SSSR count). The van der Waals surface area contributed by atoms with Crippen molar-refractivity contribution in [2.45, 2.75) is 57.5 Å². The summed E-state index contributed by atoms with van der Waals surface area (Å²) < 4.78 is 12.5. The van der Waals surface area contributed by atoms with Crippen LogP contribution < -0.4 is 10.1 Å². The van der Waals surface area contributed by atoms with Crippen LogP contribution in [0.2, 0.25) is 10.0 Å². The average molecular weight is 445 g/mol. The van der Waals surface area contributed by atoms with E-state index in [2.05, 4.69) is 10.3 Å². The van der Waals surface area contributed by atoms with Crippen molar-refractivity contribution < 1.29 is 13.9 Å². The maximum atomic E-state index is 13.2. The molecule has 1 N–H and O–H groups in total. The molecular weight excluding hydrogens is 423 g/mol. The first kappa shape index (κ1) is 19.7. The molecule has 3 aromatic rings. The van der Waals surface area contributed by atoms with Crippen molar-refractivity contribution in [3.8, 4) is 5.75 Å². The molecular formula is C23H22Cl2N2O3. The van der Waals surface area contributed by atoms with E-state index in [1.807, 2.05) is 12.1 Å². The second-order valence-corrected chi connectivity index (χ2v) is 8.80. The van der Waals surface area contributed by atoms with E-state index in [9.17, 15) is 4.79 Å². The van der Waals surface area contributed by atoms with Crippen molar-refractivity contribution in [1.82, 2.24) is 4.98 Å². The first-order valence-electron chi connectivity index (χ1n) is 10.5. The topological polar surface area (TPSA) is 64.4 Å². The minimum atomic E-state index is -0.281. The third kappa shape index (κ3) is 3.54. The SMILES string of the molecule is O=C(Nc1c(Cl)cncc1Cl)c1ccc(OC2CCCC2)c2oc3c(c12)CCCC3. The van der Waals surface area contributed by atoms with Gasteiger partial charge < -0.3 is 14.5 Å². The molecule has 156 valence electrons. The molecule has 1 amide bonds. The Bertz CT molecular complexity index is 1100. The lowest BCUT2D eigenvalue weighted by Crippen LogP contribution is -2.15. The number of pyridine rings is 1. The molecule has 30 heavy (non-hydrogen) atoms. The number of anilines is 1. The Balaban J connectivity index is 1.58. The number of carbonyl (C=O) groups is 1. The third-order valence-corrected chi connectivity index (χ3v) is 6.57. The average Bonchev–Trinajstić information content (AvgIpc) is 3.39. The quantitative estimate of drug-likeness (QED) is 0.492. The van der Waals surface area contributed by atoms with Crippen LogP contribution in [-0.2, 0) is 12.8 Å². The van der Waals surface area contributed by atoms with Gasteiger partial charge in [-0.05, 0) is 57.1 Å². The van der Waals surface area contributed by atoms with Gasteiger partial charge in [-0.3, -0.25) is 9.78 Å². The van der Waals surface area contributed by atoms with Gasteiger partial charge in [-0.1, -0.05) is 23.2 Å². The van der Waals surface area contributed by atoms with Crippen molar-refractivity contribution in [1.29, 1.82) is 0 Å². The molecule has 0 spiro atoms. The molecule has 0 aliphatic heterocycles. The molecule has 0 bridgehead atoms. The molecule has 2 aliphatic carbocycles. The van der Waals surface area contributed by atoms with Gasteiger partial charge in [-0.2, -0.15) is 0 Å². The van der Waals surface area contributed by atoms with E-state index in [1.165, 1.54) is 25.2 Å². The van der Waals surface area contributed by atoms with Gasteiger partial charge in [0.05, 0.1) is 27.4 Å². The fourth-order valence-electron chi connectivity index (χ4n) is 4.52. The summed E-state index contributed by atoms with van der Waals surface area (Å²) in [5.41, 5.74) is 2.69. The number of amides is 1. The van der Waals surface area contributed by atoms with Crippen molar-refractivity contribution >= 4 is 45.8 Å². The van der Waals surface area contributed by atoms with Crippen molar-refractivity contribution in [2.24, 2.45) is 0 Å². The summed E-state index contributed by atoms with van der Waals surface area (Å²) in [6, 6.07) is 3.66. The number of benzene rings is 1. The Hall–Kier alpha value is -2.24. The zero-order valence-corrected chi connectivity index (χ0v) is 18.0. The molecule has 2 aromatic heterocycles. The molecule has 1 aromatic carbocycles. The van der Waals surface area contributed by atoms with Gasteiger partial charge in [0, 0.05) is 29.8 Å². The van der Waals surface area contributed by atoms with Crippen molar-refractivity contribution in [3.05, 3.63) is 51.5 Å². The third-order valence-electron chi connectivity index (χ3n) is 6.00. The first-order valence-corrected chi connectivity index (χ1v) is 11.2. The van der Waals surface area contributed by atoms with Crippen LogP contribution in [0.1, 0.15) is 60.2 Å². The van der Waals surface area contributed by atoms with E-state index in [1.54, 1.807) is 0 Å². The van der Waals surface area contributed by atoms with E-state index in [4.69, 9.17) is 32.4 Å². The Labute approximate surface area is 184 Å². The summed E-state index contributed by atoms with van der Waals surface area (Å²) in [4.78, 5) is 17.2. The number of carbonyl (C=O) groups excluding carboxylic acids is 1. The fraction of sp³-hybridized carbons (Fsp3) is 0.391. The molecule has 2 heterocycles. The number of furan rings is 1. The van der Waals surface area contributed by atoms with E-state index in [0.29, 0.717) is 26.9 Å². The Morgan fingerprint density at radius 1 is 1.07 bits per heavy atom. The largest absolute Gasteiger partial charge is 0.486 e. The van der Waals surface area contributed by atoms with Gasteiger partial charge in [0.25, 0.3) is 5.91 Å². The lowest BCUT2D eigenvalue weighted by atomic mass is 9.93. The highest BCUT2D eigenvalue weighted by Crippen LogP contribution is 2.40. The number of ether oxygens (including phenoxy) is 1. The highest BCUT2D eigenvalue weighted by molar-refractivity contribution is 6.39. The van der Waals surface area contributed by atoms with Crippen molar-refractivity contribution in [3.63, 3.8) is 0 Å². The number of hydrogen-bond donors (Lipinski definition) is 1. The molecule has 7 heteroatoms. The Kier molecular flexibility index (Phi) is 5.34. The Morgan fingerprint density at radius 3 is 2.57 bits per heavy atom. The normalized spacial score (nSPS) is 16.6. The summed E-state index contributed by atoms with van der Waals surface area (Å²) in [5.74, 6) is 1.41. The highest BCUT2D eigenvalue weighted by atomic mass is 35.5. The maximum absolute atomic E-state index is 13.2. The fourth-order valence-corrected chi connectivity index (χ4v) is 4.98. The zero-order valence-electron chi connectivity index (χ0n) is 16.5. The van der Waals surface area contributed by atoms with Crippen LogP contribution >= 0.6 is 23.2 Å². The number of fused-ring (bicyclic) bond motifs is 3. The van der Waals surface area contributed by atoms with Gasteiger partial charge in [0.1, 0.15) is 5.76 Å². The minimum absolute atomic E-state index is 0.212. The molecule has 5 nitrogen and oxygen atoms in total. The van der Waals surface area contributed by atoms with Gasteiger partial charge in [-0.25, -0.2) is 0 Å². The number of aromatic nitrogens is 1. The van der Waals surface area contributed by atoms with Gasteiger partial charge in [0.15, 0.2) is 11.3 Å². The maximum Gasteiger partial charge on any atom is 0.256 e. The summed E-state index contributed by atoms with van der Waals surface area (Å²) in [6.45, 7) is 0. The second kappa shape index (κ2) is 8.12. The highest BCUT2D eigenvalue weighted by Gasteiger charge is 2.27. The molecule has 2 aliphatic rings. The summed E-state index contributed by atoms with van der Waals surface area (Å²) in [6.07, 6.45) is 11.6. The Morgan fingerprint density at radius 2 is 1.80 bits per heavy atom. The number of nitrogens with zero attached hydrogens (tertiary/aromatic N) is 1. The number of hydrogen-bond acceptors (Lipinski definition) is 4. The van der Waals surface area contributed by atoms with Crippen molar-refractivity contribution in [2.75, 3.05) is 5.32 Å². The number of aryl methyl sites for hydroxylation is 2. The predicted molar refractivity (Wildman–Crippen MR) is 118 cm³/mol. The van der Waals surface area contributed by atoms with E-state index in [-0.39, 0.29) is 12.0 Å². The van der Waals surface area contributed by atoms with Crippen LogP contribution in [-0.4, -0.2) is 17.0 Å². The standard InChI is InChI=1S/C23H22Cl2N2O3/c24-16-11-26-12-17(25)21(16)27-23(28)15-9-10-19(29-13-5-1-2-6-13)22-20(15)14-7-3-4-8-18(14)30-22/h9-13H,1-8H2,(H,26,27,28). The second-order valence-electron chi connectivity index (χ2n) is 7.98. The lowest BCUT2D eigenvalue weighted by Gasteiger charge is -2.15. The van der Waals surface area contributed by atoms with Crippen LogP contribution in [0.25, 0.3) is 11.0 Å². The summed E-state index contributed by atoms with van der Waals surface area (Å²) in [5, 5.41) is 4.29. The predicted octanol–water partition coefficient (Wildman–Crippen LogP) is 6.59. The van der Waals surface area contributed by atoms with Crippen LogP contribution in [0.3, 0.4) is 0 Å². The molecule has 1 fully saturated rings. The van der Waals surface area contributed by atoms with E-state index < -0.39 is 0 Å². The minimum Gasteiger partial charge on any atom is -0.486 e. The lowest BCUT2D eigenvalue weighted by molar-refractivity contribution is 0.102. The van der Waals surface area contributed by atoms with Crippen LogP contribution in [0.5, 0.6) is 5.75 Å². The molecule has 0 radical (unpaired) electrons. The number of rotatable bonds is 4. The summed E-state index contributed by atoms with van der Waals surface area (Å²) >= 11 is 12.4. The zero-order chi connectivity index (χ0) is 20.7. The smallest absolute Gasteiger partial charge is 0.256 e. The van der Waals surface area contributed by atoms with Gasteiger partial charge in [-0.15, -0.1) is 0 Å². The monoisotopic (exact) mass is 444 g/mol. The van der Waals surface area contributed by atoms with Gasteiger partial charge >= 0.3 is 0 Å². The van der Waals surface area contributed by atoms with Gasteiger partial charge in [0.2, 0.25) is 0 Å². The number of nitrogens with one attached hydrogen (secondary N) is 1.